The van der Waals surface area contributed by atoms with Gasteiger partial charge in [0.2, 0.25) is 5.78 Å². The predicted molar refractivity (Wildman–Crippen MR) is 132 cm³/mol. The van der Waals surface area contributed by atoms with Crippen LogP contribution in [0.25, 0.3) is 28.2 Å². The van der Waals surface area contributed by atoms with Gasteiger partial charge in [-0.3, -0.25) is 4.79 Å². The Kier molecular flexibility index (Phi) is 6.66. The van der Waals surface area contributed by atoms with Crippen molar-refractivity contribution in [1.82, 2.24) is 4.57 Å². The largest absolute Gasteiger partial charge is 0.454 e. The van der Waals surface area contributed by atoms with Gasteiger partial charge >= 0.3 is 5.97 Å². The van der Waals surface area contributed by atoms with Crippen LogP contribution < -0.4 is 0 Å². The molecule has 4 aromatic rings. The van der Waals surface area contributed by atoms with Crippen LogP contribution in [0.1, 0.15) is 22.8 Å². The lowest BCUT2D eigenvalue weighted by atomic mass is 10.0. The summed E-state index contributed by atoms with van der Waals surface area (Å²) in [5.74, 6) is -0.782. The number of ketones is 1. The third kappa shape index (κ3) is 4.58. The maximum Gasteiger partial charge on any atom is 0.331 e. The van der Waals surface area contributed by atoms with E-state index in [0.717, 1.165) is 32.2 Å². The minimum absolute atomic E-state index is 0.226. The highest BCUT2D eigenvalue weighted by molar-refractivity contribution is 9.10. The summed E-state index contributed by atoms with van der Waals surface area (Å²) in [7, 11) is 0. The molecule has 0 amide bonds. The number of benzene rings is 3. The van der Waals surface area contributed by atoms with Crippen LogP contribution in [0.5, 0.6) is 0 Å². The molecule has 0 aliphatic heterocycles. The third-order valence-electron chi connectivity index (χ3n) is 5.22. The minimum atomic E-state index is -0.557. The number of aromatic nitrogens is 1. The Bertz CT molecular complexity index is 1310. The molecule has 4 rings (SSSR count). The summed E-state index contributed by atoms with van der Waals surface area (Å²) >= 11 is 3.40. The average Bonchev–Trinajstić information content (AvgIpc) is 3.16. The number of Topliss-reactive ketones (excluding diaryl/α,β-unsaturated/α-hetero) is 1. The summed E-state index contributed by atoms with van der Waals surface area (Å²) in [6, 6.07) is 25.2. The molecule has 0 bridgehead atoms. The zero-order valence-corrected chi connectivity index (χ0v) is 19.2. The van der Waals surface area contributed by atoms with Crippen LogP contribution >= 0.6 is 15.9 Å². The van der Waals surface area contributed by atoms with E-state index in [1.807, 2.05) is 78.9 Å². The second kappa shape index (κ2) is 9.79. The number of carbonyl (C=O) groups excluding carboxylic acids is 2. The molecule has 0 unspecified atom stereocenters. The fourth-order valence-electron chi connectivity index (χ4n) is 3.84. The summed E-state index contributed by atoms with van der Waals surface area (Å²) < 4.78 is 8.35. The number of carbonyl (C=O) groups is 2. The minimum Gasteiger partial charge on any atom is -0.454 e. The number of hydrogen-bond donors (Lipinski definition) is 0. The first kappa shape index (κ1) is 21.8. The van der Waals surface area contributed by atoms with Gasteiger partial charge in [0.25, 0.3) is 0 Å². The van der Waals surface area contributed by atoms with E-state index in [1.165, 1.54) is 6.08 Å². The van der Waals surface area contributed by atoms with E-state index in [2.05, 4.69) is 27.4 Å². The van der Waals surface area contributed by atoms with E-state index in [9.17, 15) is 9.59 Å². The molecular formula is C27H22BrNO3. The number of hydrogen-bond acceptors (Lipinski definition) is 3. The summed E-state index contributed by atoms with van der Waals surface area (Å²) in [5, 5.41) is 0.860. The first-order valence-corrected chi connectivity index (χ1v) is 11.2. The fraction of sp³-hybridized carbons (Fsp3) is 0.111. The number of fused-ring (bicyclic) bond motifs is 1. The van der Waals surface area contributed by atoms with Crippen molar-refractivity contribution in [2.45, 2.75) is 13.5 Å². The Balaban J connectivity index is 1.61. The van der Waals surface area contributed by atoms with Gasteiger partial charge in [-0.25, -0.2) is 4.79 Å². The van der Waals surface area contributed by atoms with Crippen LogP contribution in [-0.2, 0) is 16.1 Å². The zero-order chi connectivity index (χ0) is 22.5. The third-order valence-corrected chi connectivity index (χ3v) is 5.71. The van der Waals surface area contributed by atoms with Crippen LogP contribution in [0.3, 0.4) is 0 Å². The molecule has 1 heterocycles. The first-order valence-electron chi connectivity index (χ1n) is 10.4. The summed E-state index contributed by atoms with van der Waals surface area (Å²) in [5.41, 5.74) is 4.23. The van der Waals surface area contributed by atoms with Gasteiger partial charge in [0.15, 0.2) is 6.61 Å². The van der Waals surface area contributed by atoms with Gasteiger partial charge in [0.05, 0.1) is 11.3 Å². The smallest absolute Gasteiger partial charge is 0.331 e. The lowest BCUT2D eigenvalue weighted by Gasteiger charge is -2.10. The molecule has 160 valence electrons. The van der Waals surface area contributed by atoms with Gasteiger partial charge in [0.1, 0.15) is 0 Å². The Morgan fingerprint density at radius 2 is 1.72 bits per heavy atom. The Morgan fingerprint density at radius 3 is 2.47 bits per heavy atom. The van der Waals surface area contributed by atoms with Crippen molar-refractivity contribution in [3.05, 3.63) is 101 Å². The number of ether oxygens (including phenoxy) is 1. The van der Waals surface area contributed by atoms with Crippen LogP contribution in [0, 0.1) is 0 Å². The number of esters is 1. The van der Waals surface area contributed by atoms with Crippen molar-refractivity contribution < 1.29 is 14.3 Å². The van der Waals surface area contributed by atoms with Crippen molar-refractivity contribution in [3.63, 3.8) is 0 Å². The highest BCUT2D eigenvalue weighted by Gasteiger charge is 2.23. The number of aryl methyl sites for hydroxylation is 1. The molecule has 5 heteroatoms. The Morgan fingerprint density at radius 1 is 0.969 bits per heavy atom. The normalized spacial score (nSPS) is 11.2. The molecule has 0 aliphatic rings. The van der Waals surface area contributed by atoms with Crippen molar-refractivity contribution in [2.75, 3.05) is 6.61 Å². The van der Waals surface area contributed by atoms with Crippen LogP contribution in [-0.4, -0.2) is 22.9 Å². The molecule has 0 saturated carbocycles. The number of nitrogens with zero attached hydrogens (tertiary/aromatic N) is 1. The van der Waals surface area contributed by atoms with Crippen LogP contribution in [0.15, 0.2) is 89.4 Å². The maximum absolute atomic E-state index is 13.3. The van der Waals surface area contributed by atoms with E-state index in [-0.39, 0.29) is 12.4 Å². The number of halogens is 1. The van der Waals surface area contributed by atoms with Crippen molar-refractivity contribution in [2.24, 2.45) is 0 Å². The van der Waals surface area contributed by atoms with E-state index in [1.54, 1.807) is 6.08 Å². The summed E-state index contributed by atoms with van der Waals surface area (Å²) in [6.45, 7) is 2.45. The fourth-order valence-corrected chi connectivity index (χ4v) is 4.26. The standard InChI is InChI=1S/C27H22BrNO3/c1-2-29-23-14-7-6-13-22(23)26(27(29)20-10-4-3-5-11-20)24(30)18-32-25(31)16-15-19-9-8-12-21(28)17-19/h3-17H,2,18H2,1H3/b16-15+. The van der Waals surface area contributed by atoms with Crippen molar-refractivity contribution in [3.8, 4) is 11.3 Å². The van der Waals surface area contributed by atoms with Gasteiger partial charge < -0.3 is 9.30 Å². The Labute approximate surface area is 195 Å². The SMILES string of the molecule is CCn1c(-c2ccccc2)c(C(=O)COC(=O)/C=C/c2cccc(Br)c2)c2ccccc21. The van der Waals surface area contributed by atoms with E-state index in [4.69, 9.17) is 4.74 Å². The monoisotopic (exact) mass is 487 g/mol. The van der Waals surface area contributed by atoms with Gasteiger partial charge in [0, 0.05) is 28.0 Å². The van der Waals surface area contributed by atoms with Gasteiger partial charge in [-0.2, -0.15) is 0 Å². The lowest BCUT2D eigenvalue weighted by molar-refractivity contribution is -0.136. The molecule has 0 spiro atoms. The topological polar surface area (TPSA) is 48.3 Å². The van der Waals surface area contributed by atoms with Gasteiger partial charge in [-0.1, -0.05) is 76.6 Å². The van der Waals surface area contributed by atoms with Gasteiger partial charge in [-0.15, -0.1) is 0 Å². The molecule has 0 radical (unpaired) electrons. The predicted octanol–water partition coefficient (Wildman–Crippen LogP) is 6.53. The molecule has 1 aromatic heterocycles. The lowest BCUT2D eigenvalue weighted by Crippen LogP contribution is -2.13. The molecular weight excluding hydrogens is 466 g/mol. The molecule has 3 aromatic carbocycles. The zero-order valence-electron chi connectivity index (χ0n) is 17.6. The van der Waals surface area contributed by atoms with Crippen molar-refractivity contribution >= 4 is 44.7 Å². The van der Waals surface area contributed by atoms with E-state index >= 15 is 0 Å². The molecule has 32 heavy (non-hydrogen) atoms. The number of para-hydroxylation sites is 1. The highest BCUT2D eigenvalue weighted by atomic mass is 79.9. The quantitative estimate of drug-likeness (QED) is 0.169. The maximum atomic E-state index is 13.3. The summed E-state index contributed by atoms with van der Waals surface area (Å²) in [6.07, 6.45) is 3.00. The molecule has 0 saturated heterocycles. The van der Waals surface area contributed by atoms with Crippen molar-refractivity contribution in [1.29, 1.82) is 0 Å². The van der Waals surface area contributed by atoms with Crippen LogP contribution in [0.2, 0.25) is 0 Å². The van der Waals surface area contributed by atoms with E-state index < -0.39 is 5.97 Å². The molecule has 0 N–H and O–H groups in total. The second-order valence-electron chi connectivity index (χ2n) is 7.27. The van der Waals surface area contributed by atoms with Crippen LogP contribution in [0.4, 0.5) is 0 Å². The Hall–Kier alpha value is -3.44. The molecule has 4 nitrogen and oxygen atoms in total. The number of rotatable bonds is 7. The van der Waals surface area contributed by atoms with Gasteiger partial charge in [-0.05, 0) is 42.3 Å². The molecule has 0 atom stereocenters. The molecule has 0 aliphatic carbocycles. The highest BCUT2D eigenvalue weighted by Crippen LogP contribution is 2.34. The average molecular weight is 488 g/mol. The summed E-state index contributed by atoms with van der Waals surface area (Å²) in [4.78, 5) is 25.5. The van der Waals surface area contributed by atoms with E-state index in [0.29, 0.717) is 12.1 Å². The molecule has 0 fully saturated rings. The second-order valence-corrected chi connectivity index (χ2v) is 8.19. The first-order chi connectivity index (χ1) is 15.6.